The fraction of sp³-hybridized carbons (Fsp3) is 0.778. The zero-order valence-corrected chi connectivity index (χ0v) is 9.46. The molecule has 1 fully saturated rings. The summed E-state index contributed by atoms with van der Waals surface area (Å²) in [6, 6.07) is 0. The highest BCUT2D eigenvalue weighted by Gasteiger charge is 2.54. The lowest BCUT2D eigenvalue weighted by Gasteiger charge is -2.13. The molecule has 0 radical (unpaired) electrons. The lowest BCUT2D eigenvalue weighted by Crippen LogP contribution is -2.42. The minimum Gasteiger partial charge on any atom is -0.409 e. The predicted molar refractivity (Wildman–Crippen MR) is 55.0 cm³/mol. The SMILES string of the molecule is NC(=NO)C1(C(=O)NCCOCC(F)(F)F)CC1. The molecule has 0 unspecified atom stereocenters. The second kappa shape index (κ2) is 5.42. The molecule has 1 aliphatic carbocycles. The average Bonchev–Trinajstić information content (AvgIpc) is 3.07. The topological polar surface area (TPSA) is 96.9 Å². The number of carbonyl (C=O) groups is 1. The van der Waals surface area contributed by atoms with Gasteiger partial charge in [0.05, 0.1) is 6.61 Å². The number of nitrogens with zero attached hydrogens (tertiary/aromatic N) is 1. The van der Waals surface area contributed by atoms with E-state index in [1.165, 1.54) is 0 Å². The van der Waals surface area contributed by atoms with Gasteiger partial charge in [-0.3, -0.25) is 4.79 Å². The van der Waals surface area contributed by atoms with Crippen molar-refractivity contribution >= 4 is 11.7 Å². The van der Waals surface area contributed by atoms with Crippen LogP contribution in [0.25, 0.3) is 0 Å². The first kappa shape index (κ1) is 14.6. The third-order valence-electron chi connectivity index (χ3n) is 2.58. The van der Waals surface area contributed by atoms with E-state index >= 15 is 0 Å². The van der Waals surface area contributed by atoms with Crippen LogP contribution in [0.4, 0.5) is 13.2 Å². The summed E-state index contributed by atoms with van der Waals surface area (Å²) >= 11 is 0. The molecule has 9 heteroatoms. The van der Waals surface area contributed by atoms with Crippen LogP contribution in [-0.4, -0.2) is 42.9 Å². The summed E-state index contributed by atoms with van der Waals surface area (Å²) in [5.41, 5.74) is 4.36. The maximum Gasteiger partial charge on any atom is 0.411 e. The Bertz CT molecular complexity index is 340. The summed E-state index contributed by atoms with van der Waals surface area (Å²) in [5.74, 6) is -0.649. The fourth-order valence-corrected chi connectivity index (χ4v) is 1.41. The lowest BCUT2D eigenvalue weighted by molar-refractivity contribution is -0.173. The van der Waals surface area contributed by atoms with Gasteiger partial charge in [0.15, 0.2) is 5.84 Å². The van der Waals surface area contributed by atoms with Crippen LogP contribution in [0.2, 0.25) is 0 Å². The quantitative estimate of drug-likeness (QED) is 0.211. The Kier molecular flexibility index (Phi) is 4.38. The van der Waals surface area contributed by atoms with Gasteiger partial charge < -0.3 is 21.0 Å². The Labute approximate surface area is 101 Å². The Morgan fingerprint density at radius 2 is 2.11 bits per heavy atom. The number of nitrogens with two attached hydrogens (primary N) is 1. The molecule has 104 valence electrons. The predicted octanol–water partition coefficient (Wildman–Crippen LogP) is 0.208. The monoisotopic (exact) mass is 269 g/mol. The van der Waals surface area contributed by atoms with Crippen LogP contribution in [0, 0.1) is 5.41 Å². The highest BCUT2D eigenvalue weighted by atomic mass is 19.4. The van der Waals surface area contributed by atoms with Crippen LogP contribution in [0.15, 0.2) is 5.16 Å². The minimum absolute atomic E-state index is 0.0601. The van der Waals surface area contributed by atoms with Gasteiger partial charge in [0, 0.05) is 6.54 Å². The standard InChI is InChI=1S/C9H14F3N3O3/c10-9(11,12)5-18-4-3-14-7(16)8(1-2-8)6(13)15-17/h17H,1-5H2,(H2,13,15)(H,14,16). The van der Waals surface area contributed by atoms with Crippen molar-refractivity contribution in [3.8, 4) is 0 Å². The van der Waals surface area contributed by atoms with Crippen molar-refractivity contribution < 1.29 is 27.9 Å². The van der Waals surface area contributed by atoms with Crippen LogP contribution in [0.5, 0.6) is 0 Å². The maximum absolute atomic E-state index is 11.7. The number of carbonyl (C=O) groups excluding carboxylic acids is 1. The molecule has 0 atom stereocenters. The van der Waals surface area contributed by atoms with Crippen LogP contribution in [-0.2, 0) is 9.53 Å². The van der Waals surface area contributed by atoms with E-state index in [1.807, 2.05) is 0 Å². The van der Waals surface area contributed by atoms with Gasteiger partial charge >= 0.3 is 6.18 Å². The molecular formula is C9H14F3N3O3. The van der Waals surface area contributed by atoms with Crippen molar-refractivity contribution in [3.05, 3.63) is 0 Å². The number of rotatable bonds is 6. The number of nitrogens with one attached hydrogen (secondary N) is 1. The van der Waals surface area contributed by atoms with Gasteiger partial charge in [-0.05, 0) is 12.8 Å². The van der Waals surface area contributed by atoms with Gasteiger partial charge in [0.25, 0.3) is 0 Å². The third-order valence-corrected chi connectivity index (χ3v) is 2.58. The summed E-state index contributed by atoms with van der Waals surface area (Å²) < 4.78 is 39.5. The maximum atomic E-state index is 11.7. The minimum atomic E-state index is -4.38. The second-order valence-electron chi connectivity index (χ2n) is 3.99. The number of oxime groups is 1. The van der Waals surface area contributed by atoms with E-state index < -0.39 is 24.1 Å². The Morgan fingerprint density at radius 1 is 1.50 bits per heavy atom. The summed E-state index contributed by atoms with van der Waals surface area (Å²) in [4.78, 5) is 11.6. The average molecular weight is 269 g/mol. The zero-order chi connectivity index (χ0) is 13.8. The molecule has 0 aliphatic heterocycles. The van der Waals surface area contributed by atoms with Gasteiger partial charge in [-0.25, -0.2) is 0 Å². The molecule has 0 spiro atoms. The molecular weight excluding hydrogens is 255 g/mol. The van der Waals surface area contributed by atoms with Gasteiger partial charge in [0.1, 0.15) is 12.0 Å². The second-order valence-corrected chi connectivity index (χ2v) is 3.99. The normalized spacial score (nSPS) is 18.5. The Hall–Kier alpha value is -1.51. The Balaban J connectivity index is 2.23. The molecule has 0 saturated heterocycles. The number of hydrogen-bond acceptors (Lipinski definition) is 4. The lowest BCUT2D eigenvalue weighted by atomic mass is 10.1. The van der Waals surface area contributed by atoms with Gasteiger partial charge in [-0.1, -0.05) is 5.16 Å². The first-order valence-electron chi connectivity index (χ1n) is 5.22. The fourth-order valence-electron chi connectivity index (χ4n) is 1.41. The molecule has 6 nitrogen and oxygen atoms in total. The van der Waals surface area contributed by atoms with E-state index in [2.05, 4.69) is 15.2 Å². The van der Waals surface area contributed by atoms with E-state index in [0.29, 0.717) is 12.8 Å². The van der Waals surface area contributed by atoms with E-state index in [9.17, 15) is 18.0 Å². The summed E-state index contributed by atoms with van der Waals surface area (Å²) in [5, 5.41) is 13.6. The van der Waals surface area contributed by atoms with Crippen molar-refractivity contribution in [1.29, 1.82) is 0 Å². The van der Waals surface area contributed by atoms with Crippen molar-refractivity contribution in [3.63, 3.8) is 0 Å². The number of amidine groups is 1. The molecule has 1 saturated carbocycles. The van der Waals surface area contributed by atoms with E-state index in [4.69, 9.17) is 10.9 Å². The largest absolute Gasteiger partial charge is 0.411 e. The number of halogens is 3. The third kappa shape index (κ3) is 3.76. The molecule has 0 bridgehead atoms. The van der Waals surface area contributed by atoms with Gasteiger partial charge in [-0.2, -0.15) is 13.2 Å². The summed E-state index contributed by atoms with van der Waals surface area (Å²) in [6.07, 6.45) is -3.47. The molecule has 1 aliphatic rings. The van der Waals surface area contributed by atoms with E-state index in [-0.39, 0.29) is 19.0 Å². The van der Waals surface area contributed by atoms with Crippen molar-refractivity contribution in [1.82, 2.24) is 5.32 Å². The smallest absolute Gasteiger partial charge is 0.409 e. The molecule has 18 heavy (non-hydrogen) atoms. The van der Waals surface area contributed by atoms with E-state index in [1.54, 1.807) is 0 Å². The highest BCUT2D eigenvalue weighted by Crippen LogP contribution is 2.45. The van der Waals surface area contributed by atoms with Gasteiger partial charge in [0.2, 0.25) is 5.91 Å². The van der Waals surface area contributed by atoms with Crippen LogP contribution >= 0.6 is 0 Å². The molecule has 1 rings (SSSR count). The van der Waals surface area contributed by atoms with Crippen molar-refractivity contribution in [2.75, 3.05) is 19.8 Å². The number of alkyl halides is 3. The summed E-state index contributed by atoms with van der Waals surface area (Å²) in [6.45, 7) is -1.67. The van der Waals surface area contributed by atoms with Crippen molar-refractivity contribution in [2.45, 2.75) is 19.0 Å². The highest BCUT2D eigenvalue weighted by molar-refractivity contribution is 6.09. The molecule has 0 aromatic rings. The Morgan fingerprint density at radius 3 is 2.56 bits per heavy atom. The number of amides is 1. The number of hydrogen-bond donors (Lipinski definition) is 3. The molecule has 0 aromatic carbocycles. The zero-order valence-electron chi connectivity index (χ0n) is 9.46. The number of ether oxygens (including phenoxy) is 1. The summed E-state index contributed by atoms with van der Waals surface area (Å²) in [7, 11) is 0. The van der Waals surface area contributed by atoms with E-state index in [0.717, 1.165) is 0 Å². The van der Waals surface area contributed by atoms with Crippen LogP contribution in [0.3, 0.4) is 0 Å². The first-order valence-corrected chi connectivity index (χ1v) is 5.22. The molecule has 0 aromatic heterocycles. The van der Waals surface area contributed by atoms with Gasteiger partial charge in [-0.15, -0.1) is 0 Å². The molecule has 1 amide bonds. The molecule has 4 N–H and O–H groups in total. The van der Waals surface area contributed by atoms with Crippen molar-refractivity contribution in [2.24, 2.45) is 16.3 Å². The van der Waals surface area contributed by atoms with Crippen LogP contribution in [0.1, 0.15) is 12.8 Å². The first-order chi connectivity index (χ1) is 8.32. The van der Waals surface area contributed by atoms with Crippen LogP contribution < -0.4 is 11.1 Å². The molecule has 0 heterocycles.